The fraction of sp³-hybridized carbons (Fsp3) is 0.286. The number of benzene rings is 1. The number of hydrogen-bond acceptors (Lipinski definition) is 2. The Labute approximate surface area is 115 Å². The standard InChI is InChI=1S/C14H15BrN2O/c1-10(15)6-8-17-14(18)12-4-5-13-11(9-12)3-2-7-16-13/h2-5,7,9-10H,6,8H2,1H3,(H,17,18). The highest BCUT2D eigenvalue weighted by molar-refractivity contribution is 9.09. The van der Waals surface area contributed by atoms with Crippen molar-refractivity contribution in [1.82, 2.24) is 10.3 Å². The molecule has 0 saturated carbocycles. The zero-order valence-electron chi connectivity index (χ0n) is 10.2. The number of rotatable bonds is 4. The molecule has 0 aliphatic rings. The van der Waals surface area contributed by atoms with Gasteiger partial charge in [0.05, 0.1) is 5.52 Å². The maximum absolute atomic E-state index is 11.9. The first-order valence-electron chi connectivity index (χ1n) is 5.94. The van der Waals surface area contributed by atoms with Crippen LogP contribution in [0.5, 0.6) is 0 Å². The molecule has 3 nitrogen and oxygen atoms in total. The summed E-state index contributed by atoms with van der Waals surface area (Å²) in [6.07, 6.45) is 2.67. The number of carbonyl (C=O) groups is 1. The van der Waals surface area contributed by atoms with Crippen LogP contribution in [0.1, 0.15) is 23.7 Å². The number of alkyl halides is 1. The SMILES string of the molecule is CC(Br)CCNC(=O)c1ccc2ncccc2c1. The maximum atomic E-state index is 11.9. The van der Waals surface area contributed by atoms with E-state index >= 15 is 0 Å². The molecule has 0 fully saturated rings. The largest absolute Gasteiger partial charge is 0.352 e. The molecule has 0 aliphatic carbocycles. The number of fused-ring (bicyclic) bond motifs is 1. The molecule has 1 aromatic heterocycles. The van der Waals surface area contributed by atoms with Crippen molar-refractivity contribution < 1.29 is 4.79 Å². The van der Waals surface area contributed by atoms with Gasteiger partial charge in [-0.15, -0.1) is 0 Å². The van der Waals surface area contributed by atoms with Gasteiger partial charge in [0.1, 0.15) is 0 Å². The summed E-state index contributed by atoms with van der Waals surface area (Å²) in [6.45, 7) is 2.74. The van der Waals surface area contributed by atoms with E-state index in [9.17, 15) is 4.79 Å². The molecule has 1 aromatic carbocycles. The molecule has 2 aromatic rings. The molecular formula is C14H15BrN2O. The minimum Gasteiger partial charge on any atom is -0.352 e. The second-order valence-corrected chi connectivity index (χ2v) is 5.80. The van der Waals surface area contributed by atoms with Crippen LogP contribution in [0.25, 0.3) is 10.9 Å². The highest BCUT2D eigenvalue weighted by Gasteiger charge is 2.06. The first-order chi connectivity index (χ1) is 8.66. The minimum atomic E-state index is -0.0334. The highest BCUT2D eigenvalue weighted by Crippen LogP contribution is 2.13. The van der Waals surface area contributed by atoms with Crippen molar-refractivity contribution in [2.75, 3.05) is 6.54 Å². The number of amides is 1. The third kappa shape index (κ3) is 3.29. The number of nitrogens with one attached hydrogen (secondary N) is 1. The van der Waals surface area contributed by atoms with Crippen molar-refractivity contribution in [1.29, 1.82) is 0 Å². The van der Waals surface area contributed by atoms with Crippen LogP contribution in [0.15, 0.2) is 36.5 Å². The van der Waals surface area contributed by atoms with E-state index in [-0.39, 0.29) is 5.91 Å². The van der Waals surface area contributed by atoms with Crippen LogP contribution in [0.2, 0.25) is 0 Å². The van der Waals surface area contributed by atoms with Gasteiger partial charge in [-0.05, 0) is 30.7 Å². The molecule has 1 unspecified atom stereocenters. The van der Waals surface area contributed by atoms with Crippen molar-refractivity contribution in [2.45, 2.75) is 18.2 Å². The van der Waals surface area contributed by atoms with Crippen molar-refractivity contribution >= 4 is 32.7 Å². The molecular weight excluding hydrogens is 292 g/mol. The lowest BCUT2D eigenvalue weighted by molar-refractivity contribution is 0.0953. The summed E-state index contributed by atoms with van der Waals surface area (Å²) in [4.78, 5) is 16.6. The molecule has 94 valence electrons. The third-order valence-electron chi connectivity index (χ3n) is 2.69. The van der Waals surface area contributed by atoms with Gasteiger partial charge in [0.25, 0.3) is 5.91 Å². The van der Waals surface area contributed by atoms with Crippen LogP contribution < -0.4 is 5.32 Å². The van der Waals surface area contributed by atoms with E-state index in [2.05, 4.69) is 33.2 Å². The molecule has 18 heavy (non-hydrogen) atoms. The summed E-state index contributed by atoms with van der Waals surface area (Å²) >= 11 is 3.45. The fourth-order valence-corrected chi connectivity index (χ4v) is 1.93. The van der Waals surface area contributed by atoms with Gasteiger partial charge in [-0.25, -0.2) is 0 Å². The zero-order chi connectivity index (χ0) is 13.0. The number of aromatic nitrogens is 1. The molecule has 1 amide bonds. The predicted octanol–water partition coefficient (Wildman–Crippen LogP) is 3.14. The summed E-state index contributed by atoms with van der Waals surface area (Å²) in [6, 6.07) is 9.38. The Morgan fingerprint density at radius 1 is 1.44 bits per heavy atom. The number of hydrogen-bond donors (Lipinski definition) is 1. The maximum Gasteiger partial charge on any atom is 0.251 e. The van der Waals surface area contributed by atoms with Crippen LogP contribution in [-0.4, -0.2) is 22.3 Å². The molecule has 2 rings (SSSR count). The fourth-order valence-electron chi connectivity index (χ4n) is 1.70. The highest BCUT2D eigenvalue weighted by atomic mass is 79.9. The zero-order valence-corrected chi connectivity index (χ0v) is 11.8. The van der Waals surface area contributed by atoms with Gasteiger partial charge in [0, 0.05) is 28.5 Å². The molecule has 0 saturated heterocycles. The van der Waals surface area contributed by atoms with Crippen molar-refractivity contribution in [3.05, 3.63) is 42.1 Å². The quantitative estimate of drug-likeness (QED) is 0.882. The minimum absolute atomic E-state index is 0.0334. The van der Waals surface area contributed by atoms with Crippen LogP contribution >= 0.6 is 15.9 Å². The van der Waals surface area contributed by atoms with Gasteiger partial charge in [-0.2, -0.15) is 0 Å². The van der Waals surface area contributed by atoms with E-state index in [0.29, 0.717) is 16.9 Å². The van der Waals surface area contributed by atoms with E-state index in [1.165, 1.54) is 0 Å². The van der Waals surface area contributed by atoms with E-state index in [1.807, 2.05) is 30.3 Å². The molecule has 1 atom stereocenters. The topological polar surface area (TPSA) is 42.0 Å². The lowest BCUT2D eigenvalue weighted by Gasteiger charge is -2.07. The van der Waals surface area contributed by atoms with Gasteiger partial charge < -0.3 is 5.32 Å². The van der Waals surface area contributed by atoms with Gasteiger partial charge in [-0.3, -0.25) is 9.78 Å². The number of halogens is 1. The normalized spacial score (nSPS) is 12.3. The second kappa shape index (κ2) is 5.96. The first kappa shape index (κ1) is 13.0. The number of carbonyl (C=O) groups excluding carboxylic acids is 1. The van der Waals surface area contributed by atoms with Crippen LogP contribution in [0, 0.1) is 0 Å². The monoisotopic (exact) mass is 306 g/mol. The van der Waals surface area contributed by atoms with E-state index in [4.69, 9.17) is 0 Å². The summed E-state index contributed by atoms with van der Waals surface area (Å²) in [5, 5.41) is 3.89. The Morgan fingerprint density at radius 2 is 2.28 bits per heavy atom. The average Bonchev–Trinajstić information content (AvgIpc) is 2.37. The Morgan fingerprint density at radius 3 is 3.06 bits per heavy atom. The Kier molecular flexibility index (Phi) is 4.31. The lowest BCUT2D eigenvalue weighted by Crippen LogP contribution is -2.25. The van der Waals surface area contributed by atoms with E-state index in [1.54, 1.807) is 6.20 Å². The molecule has 0 radical (unpaired) electrons. The molecule has 0 aliphatic heterocycles. The summed E-state index contributed by atoms with van der Waals surface area (Å²) < 4.78 is 0. The van der Waals surface area contributed by atoms with Gasteiger partial charge in [0.15, 0.2) is 0 Å². The first-order valence-corrected chi connectivity index (χ1v) is 6.85. The average molecular weight is 307 g/mol. The Bertz CT molecular complexity index is 554. The summed E-state index contributed by atoms with van der Waals surface area (Å²) in [5.41, 5.74) is 1.58. The van der Waals surface area contributed by atoms with Crippen LogP contribution in [-0.2, 0) is 0 Å². The lowest BCUT2D eigenvalue weighted by atomic mass is 10.1. The summed E-state index contributed by atoms with van der Waals surface area (Å²) in [5.74, 6) is -0.0334. The van der Waals surface area contributed by atoms with Crippen molar-refractivity contribution in [3.8, 4) is 0 Å². The third-order valence-corrected chi connectivity index (χ3v) is 3.15. The summed E-state index contributed by atoms with van der Waals surface area (Å²) in [7, 11) is 0. The van der Waals surface area contributed by atoms with E-state index in [0.717, 1.165) is 17.3 Å². The molecule has 0 bridgehead atoms. The predicted molar refractivity (Wildman–Crippen MR) is 77.1 cm³/mol. The van der Waals surface area contributed by atoms with E-state index < -0.39 is 0 Å². The van der Waals surface area contributed by atoms with Crippen molar-refractivity contribution in [2.24, 2.45) is 0 Å². The smallest absolute Gasteiger partial charge is 0.251 e. The van der Waals surface area contributed by atoms with Crippen LogP contribution in [0.4, 0.5) is 0 Å². The van der Waals surface area contributed by atoms with Crippen molar-refractivity contribution in [3.63, 3.8) is 0 Å². The Balaban J connectivity index is 2.08. The Hall–Kier alpha value is -1.42. The van der Waals surface area contributed by atoms with Gasteiger partial charge >= 0.3 is 0 Å². The molecule has 0 spiro atoms. The number of pyridine rings is 1. The number of nitrogens with zero attached hydrogens (tertiary/aromatic N) is 1. The molecule has 1 N–H and O–H groups in total. The van der Waals surface area contributed by atoms with Gasteiger partial charge in [-0.1, -0.05) is 28.9 Å². The molecule has 4 heteroatoms. The molecule has 1 heterocycles. The second-order valence-electron chi connectivity index (χ2n) is 4.24. The van der Waals surface area contributed by atoms with Crippen LogP contribution in [0.3, 0.4) is 0 Å². The van der Waals surface area contributed by atoms with Gasteiger partial charge in [0.2, 0.25) is 0 Å².